The molecule has 0 aliphatic carbocycles. The van der Waals surface area contributed by atoms with E-state index in [4.69, 9.17) is 0 Å². The Balaban J connectivity index is 2.20. The predicted molar refractivity (Wildman–Crippen MR) is 71.9 cm³/mol. The van der Waals surface area contributed by atoms with E-state index in [9.17, 15) is 13.6 Å². The molecule has 1 heterocycles. The van der Waals surface area contributed by atoms with E-state index in [1.165, 1.54) is 11.3 Å². The lowest BCUT2D eigenvalue weighted by atomic mass is 10.1. The van der Waals surface area contributed by atoms with Crippen LogP contribution in [0.3, 0.4) is 0 Å². The molecule has 0 unspecified atom stereocenters. The van der Waals surface area contributed by atoms with Gasteiger partial charge in [0.1, 0.15) is 11.6 Å². The van der Waals surface area contributed by atoms with Gasteiger partial charge in [-0.1, -0.05) is 0 Å². The SMILES string of the molecule is COC(=O)c1cc(NCc2cnc(C)s2)c(F)cc1F. The number of nitrogens with one attached hydrogen (secondary N) is 1. The molecule has 1 aromatic heterocycles. The molecule has 4 nitrogen and oxygen atoms in total. The van der Waals surface area contributed by atoms with E-state index in [2.05, 4.69) is 15.0 Å². The van der Waals surface area contributed by atoms with Crippen molar-refractivity contribution in [3.05, 3.63) is 45.4 Å². The minimum Gasteiger partial charge on any atom is -0.465 e. The van der Waals surface area contributed by atoms with Crippen molar-refractivity contribution in [3.63, 3.8) is 0 Å². The molecule has 0 spiro atoms. The molecule has 20 heavy (non-hydrogen) atoms. The second kappa shape index (κ2) is 5.96. The zero-order valence-corrected chi connectivity index (χ0v) is 11.7. The van der Waals surface area contributed by atoms with Crippen LogP contribution in [0.1, 0.15) is 20.2 Å². The van der Waals surface area contributed by atoms with Crippen molar-refractivity contribution in [2.24, 2.45) is 0 Å². The summed E-state index contributed by atoms with van der Waals surface area (Å²) in [4.78, 5) is 16.3. The van der Waals surface area contributed by atoms with Crippen LogP contribution in [0.5, 0.6) is 0 Å². The lowest BCUT2D eigenvalue weighted by molar-refractivity contribution is 0.0595. The standard InChI is InChI=1S/C13H12F2N2O2S/c1-7-16-5-8(20-7)6-17-12-3-9(13(18)19-2)10(14)4-11(12)15/h3-5,17H,6H2,1-2H3. The van der Waals surface area contributed by atoms with Crippen molar-refractivity contribution in [3.8, 4) is 0 Å². The number of nitrogens with zero attached hydrogens (tertiary/aromatic N) is 1. The molecule has 0 amide bonds. The first-order chi connectivity index (χ1) is 9.51. The lowest BCUT2D eigenvalue weighted by Crippen LogP contribution is -2.08. The van der Waals surface area contributed by atoms with Crippen LogP contribution in [0.2, 0.25) is 0 Å². The molecule has 0 fully saturated rings. The first-order valence-electron chi connectivity index (χ1n) is 5.73. The van der Waals surface area contributed by atoms with Crippen LogP contribution in [0.25, 0.3) is 0 Å². The number of anilines is 1. The maximum atomic E-state index is 13.6. The van der Waals surface area contributed by atoms with E-state index in [0.717, 1.165) is 23.1 Å². The number of hydrogen-bond acceptors (Lipinski definition) is 5. The Kier molecular flexibility index (Phi) is 4.29. The second-order valence-corrected chi connectivity index (χ2v) is 5.32. The Hall–Kier alpha value is -2.02. The number of esters is 1. The van der Waals surface area contributed by atoms with Gasteiger partial charge in [0.15, 0.2) is 0 Å². The van der Waals surface area contributed by atoms with Crippen LogP contribution in [0, 0.1) is 18.6 Å². The van der Waals surface area contributed by atoms with E-state index in [0.29, 0.717) is 12.6 Å². The molecule has 106 valence electrons. The monoisotopic (exact) mass is 298 g/mol. The fourth-order valence-electron chi connectivity index (χ4n) is 1.62. The molecule has 7 heteroatoms. The number of halogens is 2. The van der Waals surface area contributed by atoms with E-state index >= 15 is 0 Å². The van der Waals surface area contributed by atoms with E-state index in [1.807, 2.05) is 6.92 Å². The van der Waals surface area contributed by atoms with Crippen molar-refractivity contribution < 1.29 is 18.3 Å². The predicted octanol–water partition coefficient (Wildman–Crippen LogP) is 3.13. The number of carbonyl (C=O) groups excluding carboxylic acids is 1. The number of hydrogen-bond donors (Lipinski definition) is 1. The summed E-state index contributed by atoms with van der Waals surface area (Å²) in [5.41, 5.74) is -0.269. The van der Waals surface area contributed by atoms with Crippen LogP contribution in [-0.4, -0.2) is 18.1 Å². The first kappa shape index (κ1) is 14.4. The van der Waals surface area contributed by atoms with Gasteiger partial charge in [-0.05, 0) is 13.0 Å². The number of aromatic nitrogens is 1. The molecule has 0 aliphatic heterocycles. The van der Waals surface area contributed by atoms with Gasteiger partial charge in [-0.15, -0.1) is 11.3 Å². The highest BCUT2D eigenvalue weighted by Crippen LogP contribution is 2.22. The summed E-state index contributed by atoms with van der Waals surface area (Å²) in [5.74, 6) is -2.57. The van der Waals surface area contributed by atoms with Crippen LogP contribution in [0.15, 0.2) is 18.3 Å². The van der Waals surface area contributed by atoms with Gasteiger partial charge < -0.3 is 10.1 Å². The number of methoxy groups -OCH3 is 1. The average molecular weight is 298 g/mol. The molecule has 0 aliphatic rings. The third kappa shape index (κ3) is 3.11. The number of ether oxygens (including phenoxy) is 1. The lowest BCUT2D eigenvalue weighted by Gasteiger charge is -2.09. The van der Waals surface area contributed by atoms with Crippen LogP contribution in [0.4, 0.5) is 14.5 Å². The summed E-state index contributed by atoms with van der Waals surface area (Å²) < 4.78 is 31.5. The summed E-state index contributed by atoms with van der Waals surface area (Å²) in [6.07, 6.45) is 1.68. The number of carbonyl (C=O) groups is 1. The zero-order chi connectivity index (χ0) is 14.7. The van der Waals surface area contributed by atoms with E-state index in [1.54, 1.807) is 6.20 Å². The normalized spacial score (nSPS) is 10.4. The molecule has 0 bridgehead atoms. The second-order valence-electron chi connectivity index (χ2n) is 4.00. The summed E-state index contributed by atoms with van der Waals surface area (Å²) in [6, 6.07) is 1.76. The maximum Gasteiger partial charge on any atom is 0.340 e. The van der Waals surface area contributed by atoms with Gasteiger partial charge in [0, 0.05) is 17.1 Å². The molecule has 2 rings (SSSR count). The highest BCUT2D eigenvalue weighted by Gasteiger charge is 2.16. The molecular weight excluding hydrogens is 286 g/mol. The van der Waals surface area contributed by atoms with Gasteiger partial charge in [0.25, 0.3) is 0 Å². The maximum absolute atomic E-state index is 13.6. The highest BCUT2D eigenvalue weighted by molar-refractivity contribution is 7.11. The average Bonchev–Trinajstić information content (AvgIpc) is 2.83. The molecule has 0 saturated carbocycles. The van der Waals surface area contributed by atoms with Gasteiger partial charge in [-0.25, -0.2) is 18.6 Å². The van der Waals surface area contributed by atoms with Crippen molar-refractivity contribution >= 4 is 23.0 Å². The van der Waals surface area contributed by atoms with Gasteiger partial charge in [-0.3, -0.25) is 0 Å². The van der Waals surface area contributed by atoms with Crippen LogP contribution < -0.4 is 5.32 Å². The summed E-state index contributed by atoms with van der Waals surface area (Å²) in [6.45, 7) is 2.21. The number of aryl methyl sites for hydroxylation is 1. The summed E-state index contributed by atoms with van der Waals surface area (Å²) in [5, 5.41) is 3.71. The Morgan fingerprint density at radius 3 is 2.75 bits per heavy atom. The van der Waals surface area contributed by atoms with Gasteiger partial charge in [0.2, 0.25) is 0 Å². The Morgan fingerprint density at radius 1 is 1.40 bits per heavy atom. The third-order valence-corrected chi connectivity index (χ3v) is 3.50. The molecular formula is C13H12F2N2O2S. The number of thiazole rings is 1. The topological polar surface area (TPSA) is 51.2 Å². The Bertz CT molecular complexity index is 643. The van der Waals surface area contributed by atoms with Crippen molar-refractivity contribution in [2.45, 2.75) is 13.5 Å². The van der Waals surface area contributed by atoms with Gasteiger partial charge in [-0.2, -0.15) is 0 Å². The Labute approximate surface area is 118 Å². The quantitative estimate of drug-likeness (QED) is 0.881. The van der Waals surface area contributed by atoms with Gasteiger partial charge in [0.05, 0.1) is 29.9 Å². The van der Waals surface area contributed by atoms with E-state index in [-0.39, 0.29) is 11.3 Å². The van der Waals surface area contributed by atoms with Crippen LogP contribution in [-0.2, 0) is 11.3 Å². The number of rotatable bonds is 4. The highest BCUT2D eigenvalue weighted by atomic mass is 32.1. The molecule has 1 N–H and O–H groups in total. The molecule has 0 saturated heterocycles. The minimum atomic E-state index is -0.950. The smallest absolute Gasteiger partial charge is 0.340 e. The fourth-order valence-corrected chi connectivity index (χ4v) is 2.35. The fraction of sp³-hybridized carbons (Fsp3) is 0.231. The van der Waals surface area contributed by atoms with Crippen LogP contribution >= 0.6 is 11.3 Å². The summed E-state index contributed by atoms with van der Waals surface area (Å²) >= 11 is 1.47. The Morgan fingerprint density at radius 2 is 2.15 bits per heavy atom. The molecule has 2 aromatic rings. The third-order valence-electron chi connectivity index (χ3n) is 2.58. The summed E-state index contributed by atoms with van der Waals surface area (Å²) in [7, 11) is 1.14. The van der Waals surface area contributed by atoms with E-state index < -0.39 is 17.6 Å². The molecule has 1 aromatic carbocycles. The zero-order valence-electron chi connectivity index (χ0n) is 10.9. The molecule has 0 atom stereocenters. The minimum absolute atomic E-state index is 0.0397. The van der Waals surface area contributed by atoms with Crippen molar-refractivity contribution in [1.29, 1.82) is 0 Å². The first-order valence-corrected chi connectivity index (χ1v) is 6.55. The largest absolute Gasteiger partial charge is 0.465 e. The van der Waals surface area contributed by atoms with Crippen molar-refractivity contribution in [1.82, 2.24) is 4.98 Å². The van der Waals surface area contributed by atoms with Gasteiger partial charge >= 0.3 is 5.97 Å². The number of benzene rings is 1. The molecule has 0 radical (unpaired) electrons. The van der Waals surface area contributed by atoms with Crippen molar-refractivity contribution in [2.75, 3.05) is 12.4 Å².